The molecule has 7 nitrogen and oxygen atoms in total. The summed E-state index contributed by atoms with van der Waals surface area (Å²) in [5, 5.41) is 13.7. The summed E-state index contributed by atoms with van der Waals surface area (Å²) in [6, 6.07) is 18.2. The number of ether oxygens (including phenoxy) is 1. The molecule has 0 fully saturated rings. The van der Waals surface area contributed by atoms with Gasteiger partial charge in [0.25, 0.3) is 0 Å². The molecule has 4 rings (SSSR count). The van der Waals surface area contributed by atoms with Gasteiger partial charge in [0.05, 0.1) is 12.4 Å². The van der Waals surface area contributed by atoms with Crippen LogP contribution in [0.4, 0.5) is 0 Å². The maximum Gasteiger partial charge on any atom is 0.237 e. The summed E-state index contributed by atoms with van der Waals surface area (Å²) < 4.78 is 13.0. The summed E-state index contributed by atoms with van der Waals surface area (Å²) in [4.78, 5) is 4.38. The molecule has 8 heteroatoms. The van der Waals surface area contributed by atoms with Gasteiger partial charge in [0.2, 0.25) is 5.89 Å². The minimum Gasteiger partial charge on any atom is -0.494 e. The minimum absolute atomic E-state index is 0.535. The number of hydrogen-bond donors (Lipinski definition) is 0. The van der Waals surface area contributed by atoms with Crippen LogP contribution < -0.4 is 4.74 Å². The number of aromatic nitrogens is 5. The van der Waals surface area contributed by atoms with Crippen LogP contribution in [0.5, 0.6) is 5.75 Å². The molecule has 0 radical (unpaired) electrons. The van der Waals surface area contributed by atoms with Gasteiger partial charge in [-0.2, -0.15) is 4.98 Å². The molecule has 0 N–H and O–H groups in total. The number of aryl methyl sites for hydroxylation is 1. The molecule has 4 aromatic rings. The van der Waals surface area contributed by atoms with Crippen LogP contribution in [0.15, 0.2) is 64.3 Å². The predicted molar refractivity (Wildman–Crippen MR) is 115 cm³/mol. The van der Waals surface area contributed by atoms with E-state index in [2.05, 4.69) is 37.0 Å². The Morgan fingerprint density at radius 1 is 1.00 bits per heavy atom. The smallest absolute Gasteiger partial charge is 0.237 e. The predicted octanol–water partition coefficient (Wildman–Crippen LogP) is 4.49. The first kappa shape index (κ1) is 20.2. The molecule has 0 atom stereocenters. The van der Waals surface area contributed by atoms with Crippen molar-refractivity contribution in [1.29, 1.82) is 0 Å². The summed E-state index contributed by atoms with van der Waals surface area (Å²) in [7, 11) is 0. The Morgan fingerprint density at radius 3 is 2.50 bits per heavy atom. The first-order valence-electron chi connectivity index (χ1n) is 9.92. The second-order valence-electron chi connectivity index (χ2n) is 6.57. The Hall–Kier alpha value is -3.13. The highest BCUT2D eigenvalue weighted by atomic mass is 32.2. The van der Waals surface area contributed by atoms with E-state index in [1.54, 1.807) is 0 Å². The largest absolute Gasteiger partial charge is 0.494 e. The monoisotopic (exact) mass is 421 g/mol. The van der Waals surface area contributed by atoms with E-state index in [1.807, 2.05) is 56.3 Å². The van der Waals surface area contributed by atoms with Gasteiger partial charge in [-0.15, -0.1) is 10.2 Å². The SMILES string of the molecule is CCOc1ccc(-n2c(Cc3ccccc3)nnc2SCc2nc(CC)no2)cc1. The van der Waals surface area contributed by atoms with E-state index in [0.29, 0.717) is 30.5 Å². The van der Waals surface area contributed by atoms with E-state index in [1.165, 1.54) is 17.3 Å². The summed E-state index contributed by atoms with van der Waals surface area (Å²) in [6.45, 7) is 4.61. The summed E-state index contributed by atoms with van der Waals surface area (Å²) in [5.74, 6) is 3.54. The zero-order valence-electron chi connectivity index (χ0n) is 17.0. The Bertz CT molecular complexity index is 1080. The lowest BCUT2D eigenvalue weighted by Crippen LogP contribution is -2.04. The van der Waals surface area contributed by atoms with Crippen LogP contribution in [0.3, 0.4) is 0 Å². The third-order valence-corrected chi connectivity index (χ3v) is 5.38. The van der Waals surface area contributed by atoms with Crippen molar-refractivity contribution in [3.8, 4) is 11.4 Å². The fourth-order valence-corrected chi connectivity index (χ4v) is 3.83. The van der Waals surface area contributed by atoms with Crippen LogP contribution in [-0.4, -0.2) is 31.5 Å². The second kappa shape index (κ2) is 9.58. The lowest BCUT2D eigenvalue weighted by Gasteiger charge is -2.11. The highest BCUT2D eigenvalue weighted by Gasteiger charge is 2.17. The quantitative estimate of drug-likeness (QED) is 0.368. The fourth-order valence-electron chi connectivity index (χ4n) is 3.02. The van der Waals surface area contributed by atoms with Crippen LogP contribution in [0, 0.1) is 0 Å². The van der Waals surface area contributed by atoms with Crippen LogP contribution in [0.25, 0.3) is 5.69 Å². The van der Waals surface area contributed by atoms with Crippen molar-refractivity contribution >= 4 is 11.8 Å². The van der Waals surface area contributed by atoms with E-state index >= 15 is 0 Å². The maximum atomic E-state index is 5.58. The van der Waals surface area contributed by atoms with Crippen molar-refractivity contribution in [2.45, 2.75) is 37.6 Å². The molecule has 154 valence electrons. The Morgan fingerprint density at radius 2 is 1.80 bits per heavy atom. The molecule has 0 saturated heterocycles. The van der Waals surface area contributed by atoms with Crippen molar-refractivity contribution in [2.24, 2.45) is 0 Å². The summed E-state index contributed by atoms with van der Waals surface area (Å²) in [5.41, 5.74) is 2.16. The van der Waals surface area contributed by atoms with Crippen LogP contribution in [0.1, 0.15) is 37.0 Å². The third-order valence-electron chi connectivity index (χ3n) is 4.46. The fraction of sp³-hybridized carbons (Fsp3) is 0.273. The maximum absolute atomic E-state index is 5.58. The molecule has 0 spiro atoms. The van der Waals surface area contributed by atoms with Gasteiger partial charge in [-0.05, 0) is 36.8 Å². The molecule has 0 saturated carbocycles. The molecule has 0 amide bonds. The van der Waals surface area contributed by atoms with Crippen LogP contribution in [-0.2, 0) is 18.6 Å². The van der Waals surface area contributed by atoms with Gasteiger partial charge in [0, 0.05) is 18.5 Å². The van der Waals surface area contributed by atoms with Crippen molar-refractivity contribution in [1.82, 2.24) is 24.9 Å². The van der Waals surface area contributed by atoms with Gasteiger partial charge in [-0.1, -0.05) is 54.2 Å². The first-order chi connectivity index (χ1) is 14.8. The van der Waals surface area contributed by atoms with Crippen LogP contribution in [0.2, 0.25) is 0 Å². The van der Waals surface area contributed by atoms with Gasteiger partial charge < -0.3 is 9.26 Å². The molecular formula is C22H23N5O2S. The first-order valence-corrected chi connectivity index (χ1v) is 10.9. The third kappa shape index (κ3) is 4.71. The summed E-state index contributed by atoms with van der Waals surface area (Å²) in [6.07, 6.45) is 1.43. The molecule has 30 heavy (non-hydrogen) atoms. The lowest BCUT2D eigenvalue weighted by molar-refractivity contribution is 0.340. The van der Waals surface area contributed by atoms with Crippen molar-refractivity contribution in [3.63, 3.8) is 0 Å². The zero-order valence-corrected chi connectivity index (χ0v) is 17.8. The lowest BCUT2D eigenvalue weighted by atomic mass is 10.1. The zero-order chi connectivity index (χ0) is 20.8. The number of nitrogens with zero attached hydrogens (tertiary/aromatic N) is 5. The Labute approximate surface area is 179 Å². The number of rotatable bonds is 9. The van der Waals surface area contributed by atoms with Gasteiger partial charge in [-0.3, -0.25) is 4.57 Å². The Balaban J connectivity index is 1.63. The van der Waals surface area contributed by atoms with E-state index in [0.717, 1.165) is 28.8 Å². The number of benzene rings is 2. The average Bonchev–Trinajstić information content (AvgIpc) is 3.40. The van der Waals surface area contributed by atoms with E-state index in [4.69, 9.17) is 9.26 Å². The molecule has 2 aromatic carbocycles. The second-order valence-corrected chi connectivity index (χ2v) is 7.51. The molecule has 0 unspecified atom stereocenters. The number of thioether (sulfide) groups is 1. The highest BCUT2D eigenvalue weighted by molar-refractivity contribution is 7.98. The van der Waals surface area contributed by atoms with E-state index < -0.39 is 0 Å². The van der Waals surface area contributed by atoms with Gasteiger partial charge in [-0.25, -0.2) is 0 Å². The highest BCUT2D eigenvalue weighted by Crippen LogP contribution is 2.27. The summed E-state index contributed by atoms with van der Waals surface area (Å²) >= 11 is 1.53. The molecular weight excluding hydrogens is 398 g/mol. The minimum atomic E-state index is 0.535. The molecule has 0 aliphatic heterocycles. The molecule has 0 aliphatic rings. The Kier molecular flexibility index (Phi) is 6.44. The van der Waals surface area contributed by atoms with Gasteiger partial charge in [0.15, 0.2) is 11.0 Å². The molecule has 2 aromatic heterocycles. The normalized spacial score (nSPS) is 11.0. The molecule has 0 bridgehead atoms. The van der Waals surface area contributed by atoms with Gasteiger partial charge >= 0.3 is 0 Å². The van der Waals surface area contributed by atoms with Crippen LogP contribution >= 0.6 is 11.8 Å². The van der Waals surface area contributed by atoms with E-state index in [9.17, 15) is 0 Å². The standard InChI is InChI=1S/C22H23N5O2S/c1-3-19-23-21(29-26-19)15-30-22-25-24-20(14-16-8-6-5-7-9-16)27(22)17-10-12-18(13-11-17)28-4-2/h5-13H,3-4,14-15H2,1-2H3. The average molecular weight is 422 g/mol. The molecule has 2 heterocycles. The van der Waals surface area contributed by atoms with Gasteiger partial charge in [0.1, 0.15) is 11.6 Å². The van der Waals surface area contributed by atoms with Crippen molar-refractivity contribution < 1.29 is 9.26 Å². The topological polar surface area (TPSA) is 78.9 Å². The van der Waals surface area contributed by atoms with E-state index in [-0.39, 0.29) is 0 Å². The molecule has 0 aliphatic carbocycles. The van der Waals surface area contributed by atoms with Crippen molar-refractivity contribution in [2.75, 3.05) is 6.61 Å². The van der Waals surface area contributed by atoms with Crippen molar-refractivity contribution in [3.05, 3.63) is 77.7 Å². The number of hydrogen-bond acceptors (Lipinski definition) is 7.